The van der Waals surface area contributed by atoms with Crippen LogP contribution in [-0.4, -0.2) is 53.2 Å². The smallest absolute Gasteiger partial charge is 0.374 e. The SMILES string of the molecule is CCOC(=O)c1ccc(C=NN2CCN(C(=O)Cl)C2=O)o1. The zero-order valence-corrected chi connectivity index (χ0v) is 11.9. The molecule has 21 heavy (non-hydrogen) atoms. The Hall–Kier alpha value is -2.35. The number of carbonyl (C=O) groups excluding carboxylic acids is 3. The van der Waals surface area contributed by atoms with Gasteiger partial charge in [0.15, 0.2) is 0 Å². The quantitative estimate of drug-likeness (QED) is 0.366. The van der Waals surface area contributed by atoms with Gasteiger partial charge in [0.1, 0.15) is 5.76 Å². The number of rotatable bonds is 4. The van der Waals surface area contributed by atoms with Crippen LogP contribution < -0.4 is 0 Å². The molecule has 1 fully saturated rings. The minimum atomic E-state index is -0.847. The summed E-state index contributed by atoms with van der Waals surface area (Å²) in [7, 11) is 0. The van der Waals surface area contributed by atoms with Crippen LogP contribution in [0, 0.1) is 0 Å². The maximum absolute atomic E-state index is 11.7. The predicted molar refractivity (Wildman–Crippen MR) is 72.3 cm³/mol. The lowest BCUT2D eigenvalue weighted by molar-refractivity contribution is 0.0489. The summed E-state index contributed by atoms with van der Waals surface area (Å²) in [6.45, 7) is 2.34. The molecule has 1 aromatic rings. The molecule has 0 unspecified atom stereocenters. The minimum Gasteiger partial charge on any atom is -0.460 e. The molecular weight excluding hydrogens is 302 g/mol. The molecular formula is C12H12ClN3O5. The van der Waals surface area contributed by atoms with Crippen molar-refractivity contribution in [1.82, 2.24) is 9.91 Å². The van der Waals surface area contributed by atoms with Crippen molar-refractivity contribution in [2.45, 2.75) is 6.92 Å². The lowest BCUT2D eigenvalue weighted by Crippen LogP contribution is -2.30. The maximum atomic E-state index is 11.7. The topological polar surface area (TPSA) is 92.4 Å². The molecule has 0 saturated carbocycles. The van der Waals surface area contributed by atoms with Gasteiger partial charge in [0.2, 0.25) is 5.76 Å². The fraction of sp³-hybridized carbons (Fsp3) is 0.333. The highest BCUT2D eigenvalue weighted by Gasteiger charge is 2.32. The highest BCUT2D eigenvalue weighted by Crippen LogP contribution is 2.12. The Morgan fingerprint density at radius 3 is 2.86 bits per heavy atom. The molecule has 1 saturated heterocycles. The molecule has 0 radical (unpaired) electrons. The van der Waals surface area contributed by atoms with E-state index in [-0.39, 0.29) is 31.2 Å². The van der Waals surface area contributed by atoms with Crippen molar-refractivity contribution < 1.29 is 23.5 Å². The average Bonchev–Trinajstić information content (AvgIpc) is 3.03. The molecule has 0 spiro atoms. The van der Waals surface area contributed by atoms with Crippen LogP contribution in [0.3, 0.4) is 0 Å². The lowest BCUT2D eigenvalue weighted by Gasteiger charge is -2.09. The first kappa shape index (κ1) is 15.0. The maximum Gasteiger partial charge on any atom is 0.374 e. The molecule has 2 rings (SSSR count). The van der Waals surface area contributed by atoms with Gasteiger partial charge in [0.25, 0.3) is 0 Å². The van der Waals surface area contributed by atoms with Gasteiger partial charge in [0, 0.05) is 0 Å². The van der Waals surface area contributed by atoms with Gasteiger partial charge in [-0.25, -0.2) is 19.5 Å². The number of hydrogen-bond acceptors (Lipinski definition) is 6. The van der Waals surface area contributed by atoms with Crippen LogP contribution in [0.15, 0.2) is 21.7 Å². The number of amides is 3. The first-order valence-corrected chi connectivity index (χ1v) is 6.50. The van der Waals surface area contributed by atoms with Gasteiger partial charge in [-0.2, -0.15) is 5.10 Å². The second-order valence-electron chi connectivity index (χ2n) is 3.98. The number of ether oxygens (including phenoxy) is 1. The van der Waals surface area contributed by atoms with Crippen molar-refractivity contribution in [2.24, 2.45) is 5.10 Å². The predicted octanol–water partition coefficient (Wildman–Crippen LogP) is 1.89. The molecule has 0 bridgehead atoms. The first-order chi connectivity index (χ1) is 10.0. The summed E-state index contributed by atoms with van der Waals surface area (Å²) >= 11 is 5.25. The molecule has 1 aliphatic rings. The van der Waals surface area contributed by atoms with Crippen LogP contribution in [0.1, 0.15) is 23.2 Å². The largest absolute Gasteiger partial charge is 0.460 e. The van der Waals surface area contributed by atoms with Gasteiger partial charge < -0.3 is 9.15 Å². The Morgan fingerprint density at radius 2 is 2.24 bits per heavy atom. The number of esters is 1. The summed E-state index contributed by atoms with van der Waals surface area (Å²) in [5, 5.41) is 4.12. The highest BCUT2D eigenvalue weighted by molar-refractivity contribution is 6.64. The van der Waals surface area contributed by atoms with Gasteiger partial charge in [-0.3, -0.25) is 4.79 Å². The molecule has 0 atom stereocenters. The van der Waals surface area contributed by atoms with E-state index in [1.165, 1.54) is 18.3 Å². The molecule has 112 valence electrons. The van der Waals surface area contributed by atoms with E-state index in [1.807, 2.05) is 0 Å². The Morgan fingerprint density at radius 1 is 1.48 bits per heavy atom. The van der Waals surface area contributed by atoms with Crippen LogP contribution in [0.2, 0.25) is 0 Å². The number of furan rings is 1. The Labute approximate surface area is 124 Å². The van der Waals surface area contributed by atoms with E-state index >= 15 is 0 Å². The van der Waals surface area contributed by atoms with Crippen molar-refractivity contribution in [3.63, 3.8) is 0 Å². The monoisotopic (exact) mass is 313 g/mol. The highest BCUT2D eigenvalue weighted by atomic mass is 35.5. The van der Waals surface area contributed by atoms with Crippen LogP contribution in [-0.2, 0) is 4.74 Å². The van der Waals surface area contributed by atoms with E-state index in [0.29, 0.717) is 0 Å². The number of halogens is 1. The number of imide groups is 1. The summed E-state index contributed by atoms with van der Waals surface area (Å²) in [5.41, 5.74) is 0. The van der Waals surface area contributed by atoms with E-state index in [9.17, 15) is 14.4 Å². The second-order valence-corrected chi connectivity index (χ2v) is 4.30. The van der Waals surface area contributed by atoms with Gasteiger partial charge in [0.05, 0.1) is 25.9 Å². The van der Waals surface area contributed by atoms with Crippen molar-refractivity contribution >= 4 is 35.2 Å². The fourth-order valence-corrected chi connectivity index (χ4v) is 1.81. The Bertz CT molecular complexity index is 597. The third-order valence-corrected chi connectivity index (χ3v) is 2.83. The van der Waals surface area contributed by atoms with Crippen molar-refractivity contribution in [1.29, 1.82) is 0 Å². The molecule has 0 N–H and O–H groups in total. The third kappa shape index (κ3) is 3.40. The van der Waals surface area contributed by atoms with E-state index < -0.39 is 17.4 Å². The number of urea groups is 1. The Balaban J connectivity index is 2.01. The van der Waals surface area contributed by atoms with Crippen LogP contribution in [0.5, 0.6) is 0 Å². The molecule has 0 aliphatic carbocycles. The number of carbonyl (C=O) groups is 3. The van der Waals surface area contributed by atoms with E-state index in [2.05, 4.69) is 5.10 Å². The molecule has 8 nitrogen and oxygen atoms in total. The number of nitrogens with zero attached hydrogens (tertiary/aromatic N) is 3. The summed E-state index contributed by atoms with van der Waals surface area (Å²) < 4.78 is 9.98. The van der Waals surface area contributed by atoms with Crippen LogP contribution in [0.25, 0.3) is 0 Å². The van der Waals surface area contributed by atoms with Crippen molar-refractivity contribution in [3.8, 4) is 0 Å². The summed E-state index contributed by atoms with van der Waals surface area (Å²) in [5.74, 6) is -0.251. The molecule has 9 heteroatoms. The molecule has 3 amide bonds. The standard InChI is InChI=1S/C12H12ClN3O5/c1-2-20-10(17)9-4-3-8(21-9)7-14-16-6-5-15(11(13)18)12(16)19/h3-4,7H,2,5-6H2,1H3. The van der Waals surface area contributed by atoms with E-state index in [1.54, 1.807) is 6.92 Å². The van der Waals surface area contributed by atoms with Gasteiger partial charge in [-0.1, -0.05) is 0 Å². The molecule has 2 heterocycles. The third-order valence-electron chi connectivity index (χ3n) is 2.63. The summed E-state index contributed by atoms with van der Waals surface area (Å²) in [6.07, 6.45) is 1.27. The van der Waals surface area contributed by atoms with E-state index in [0.717, 1.165) is 9.91 Å². The first-order valence-electron chi connectivity index (χ1n) is 6.12. The number of hydrazone groups is 1. The van der Waals surface area contributed by atoms with Crippen molar-refractivity contribution in [3.05, 3.63) is 23.7 Å². The van der Waals surface area contributed by atoms with Gasteiger partial charge in [-0.05, 0) is 30.7 Å². The minimum absolute atomic E-state index is 0.0450. The zero-order valence-electron chi connectivity index (χ0n) is 11.1. The zero-order chi connectivity index (χ0) is 15.4. The summed E-state index contributed by atoms with van der Waals surface area (Å²) in [4.78, 5) is 34.9. The molecule has 0 aromatic carbocycles. The molecule has 1 aliphatic heterocycles. The Kier molecular flexibility index (Phi) is 4.59. The second kappa shape index (κ2) is 6.40. The van der Waals surface area contributed by atoms with E-state index in [4.69, 9.17) is 20.8 Å². The average molecular weight is 314 g/mol. The normalized spacial score (nSPS) is 15.0. The van der Waals surface area contributed by atoms with Crippen LogP contribution >= 0.6 is 11.6 Å². The van der Waals surface area contributed by atoms with Crippen LogP contribution in [0.4, 0.5) is 9.59 Å². The van der Waals surface area contributed by atoms with Gasteiger partial charge in [-0.15, -0.1) is 0 Å². The van der Waals surface area contributed by atoms with Crippen molar-refractivity contribution in [2.75, 3.05) is 19.7 Å². The summed E-state index contributed by atoms with van der Waals surface area (Å²) in [6, 6.07) is 2.35. The molecule has 1 aromatic heterocycles. The lowest BCUT2D eigenvalue weighted by atomic mass is 10.4. The van der Waals surface area contributed by atoms with Gasteiger partial charge >= 0.3 is 17.4 Å². The fourth-order valence-electron chi connectivity index (χ4n) is 1.66. The number of hydrogen-bond donors (Lipinski definition) is 0.